The number of nitrogens with zero attached hydrogens (tertiary/aromatic N) is 3. The molecule has 4 rings (SSSR count). The summed E-state index contributed by atoms with van der Waals surface area (Å²) in [5.41, 5.74) is 4.68. The van der Waals surface area contributed by atoms with Gasteiger partial charge in [0.1, 0.15) is 0 Å². The molecule has 1 atom stereocenters. The fraction of sp³-hybridized carbons (Fsp3) is 0.333. The van der Waals surface area contributed by atoms with Crippen LogP contribution in [-0.4, -0.2) is 34.7 Å². The van der Waals surface area contributed by atoms with E-state index in [1.54, 1.807) is 17.0 Å². The van der Waals surface area contributed by atoms with Gasteiger partial charge in [0, 0.05) is 35.9 Å². The summed E-state index contributed by atoms with van der Waals surface area (Å²) in [6.45, 7) is 8.40. The van der Waals surface area contributed by atoms with Crippen molar-refractivity contribution in [2.75, 3.05) is 16.8 Å². The first-order valence-electron chi connectivity index (χ1n) is 10.7. The van der Waals surface area contributed by atoms with Gasteiger partial charge in [-0.3, -0.25) is 4.79 Å². The van der Waals surface area contributed by atoms with E-state index in [1.807, 2.05) is 51.1 Å². The Morgan fingerprint density at radius 3 is 2.56 bits per heavy atom. The van der Waals surface area contributed by atoms with Crippen LogP contribution < -0.4 is 15.5 Å². The fourth-order valence-corrected chi connectivity index (χ4v) is 3.67. The molecule has 0 aliphatic carbocycles. The number of nitrogens with one attached hydrogen (secondary N) is 2. The maximum Gasteiger partial charge on any atom is 0.319 e. The molecule has 1 aromatic heterocycles. The largest absolute Gasteiger partial charge is 0.339 e. The molecular formula is C24H27N5O3. The molecule has 8 nitrogen and oxygen atoms in total. The predicted octanol–water partition coefficient (Wildman–Crippen LogP) is 4.40. The van der Waals surface area contributed by atoms with Crippen LogP contribution >= 0.6 is 0 Å². The third-order valence-corrected chi connectivity index (χ3v) is 5.54. The zero-order valence-corrected chi connectivity index (χ0v) is 18.7. The molecule has 1 aliphatic heterocycles. The maximum absolute atomic E-state index is 12.6. The van der Waals surface area contributed by atoms with E-state index in [2.05, 4.69) is 27.7 Å². The second kappa shape index (κ2) is 8.82. The van der Waals surface area contributed by atoms with Gasteiger partial charge in [-0.2, -0.15) is 4.98 Å². The zero-order valence-electron chi connectivity index (χ0n) is 18.7. The Hall–Kier alpha value is -3.68. The summed E-state index contributed by atoms with van der Waals surface area (Å²) in [6, 6.07) is 13.0. The molecule has 166 valence electrons. The standard InChI is InChI=1S/C24H27N5O3/c1-14(2)25-24(31)26-19-8-6-17(7-9-19)22-27-23(32-28-22)18-12-21(30)29(13-18)20-10-5-15(3)16(4)11-20/h5-11,14,18H,12-13H2,1-4H3,(H2,25,26,31)/t18-/m1/s1. The van der Waals surface area contributed by atoms with Gasteiger partial charge in [0.2, 0.25) is 17.6 Å². The Morgan fingerprint density at radius 1 is 1.12 bits per heavy atom. The summed E-state index contributed by atoms with van der Waals surface area (Å²) in [7, 11) is 0. The zero-order chi connectivity index (χ0) is 22.8. The molecule has 8 heteroatoms. The molecule has 2 N–H and O–H groups in total. The molecule has 1 fully saturated rings. The summed E-state index contributed by atoms with van der Waals surface area (Å²) < 4.78 is 5.50. The van der Waals surface area contributed by atoms with E-state index in [4.69, 9.17) is 4.52 Å². The van der Waals surface area contributed by atoms with Gasteiger partial charge < -0.3 is 20.1 Å². The predicted molar refractivity (Wildman–Crippen MR) is 123 cm³/mol. The monoisotopic (exact) mass is 433 g/mol. The highest BCUT2D eigenvalue weighted by molar-refractivity contribution is 5.96. The highest BCUT2D eigenvalue weighted by Gasteiger charge is 2.35. The number of rotatable bonds is 5. The third kappa shape index (κ3) is 4.64. The number of amides is 3. The summed E-state index contributed by atoms with van der Waals surface area (Å²) >= 11 is 0. The highest BCUT2D eigenvalue weighted by atomic mass is 16.5. The van der Waals surface area contributed by atoms with Crippen LogP contribution in [0.4, 0.5) is 16.2 Å². The van der Waals surface area contributed by atoms with E-state index in [0.29, 0.717) is 30.4 Å². The fourth-order valence-electron chi connectivity index (χ4n) is 3.67. The Balaban J connectivity index is 1.44. The van der Waals surface area contributed by atoms with Gasteiger partial charge in [-0.25, -0.2) is 4.79 Å². The average Bonchev–Trinajstić information content (AvgIpc) is 3.37. The van der Waals surface area contributed by atoms with Crippen LogP contribution in [0.5, 0.6) is 0 Å². The van der Waals surface area contributed by atoms with Gasteiger partial charge in [-0.05, 0) is 75.2 Å². The van der Waals surface area contributed by atoms with Crippen LogP contribution in [-0.2, 0) is 4.79 Å². The first-order chi connectivity index (χ1) is 15.3. The van der Waals surface area contributed by atoms with Crippen LogP contribution in [0.25, 0.3) is 11.4 Å². The number of carbonyl (C=O) groups is 2. The first-order valence-corrected chi connectivity index (χ1v) is 10.7. The summed E-state index contributed by atoms with van der Waals surface area (Å²) in [4.78, 5) is 30.8. The van der Waals surface area contributed by atoms with E-state index in [9.17, 15) is 9.59 Å². The van der Waals surface area contributed by atoms with E-state index in [-0.39, 0.29) is 23.9 Å². The van der Waals surface area contributed by atoms with E-state index in [0.717, 1.165) is 16.8 Å². The van der Waals surface area contributed by atoms with Crippen LogP contribution in [0.1, 0.15) is 43.2 Å². The molecule has 0 unspecified atom stereocenters. The maximum atomic E-state index is 12.6. The van der Waals surface area contributed by atoms with Gasteiger partial charge >= 0.3 is 6.03 Å². The second-order valence-corrected chi connectivity index (χ2v) is 8.46. The SMILES string of the molecule is Cc1ccc(N2C[C@H](c3nc(-c4ccc(NC(=O)NC(C)C)cc4)no3)CC2=O)cc1C. The highest BCUT2D eigenvalue weighted by Crippen LogP contribution is 2.32. The smallest absolute Gasteiger partial charge is 0.319 e. The number of hydrogen-bond donors (Lipinski definition) is 2. The number of carbonyl (C=O) groups excluding carboxylic acids is 2. The van der Waals surface area contributed by atoms with Crippen molar-refractivity contribution >= 4 is 23.3 Å². The van der Waals surface area contributed by atoms with Gasteiger partial charge in [0.05, 0.1) is 5.92 Å². The van der Waals surface area contributed by atoms with E-state index >= 15 is 0 Å². The number of urea groups is 1. The molecule has 0 radical (unpaired) electrons. The lowest BCUT2D eigenvalue weighted by Crippen LogP contribution is -2.34. The van der Waals surface area contributed by atoms with Crippen LogP contribution in [0, 0.1) is 13.8 Å². The second-order valence-electron chi connectivity index (χ2n) is 8.46. The lowest BCUT2D eigenvalue weighted by Gasteiger charge is -2.17. The molecule has 32 heavy (non-hydrogen) atoms. The lowest BCUT2D eigenvalue weighted by molar-refractivity contribution is -0.117. The molecule has 0 bridgehead atoms. The molecule has 0 spiro atoms. The van der Waals surface area contributed by atoms with Crippen molar-refractivity contribution in [2.24, 2.45) is 0 Å². The number of aryl methyl sites for hydroxylation is 2. The Kier molecular flexibility index (Phi) is 5.94. The molecule has 0 saturated carbocycles. The van der Waals surface area contributed by atoms with Crippen molar-refractivity contribution in [3.63, 3.8) is 0 Å². The third-order valence-electron chi connectivity index (χ3n) is 5.54. The minimum absolute atomic E-state index is 0.0492. The average molecular weight is 434 g/mol. The Labute approximate surface area is 187 Å². The van der Waals surface area contributed by atoms with Crippen molar-refractivity contribution in [2.45, 2.75) is 46.1 Å². The topological polar surface area (TPSA) is 100 Å². The van der Waals surface area contributed by atoms with Crippen LogP contribution in [0.15, 0.2) is 47.0 Å². The summed E-state index contributed by atoms with van der Waals surface area (Å²) in [6.07, 6.45) is 0.336. The molecule has 2 heterocycles. The van der Waals surface area contributed by atoms with Crippen LogP contribution in [0.2, 0.25) is 0 Å². The van der Waals surface area contributed by atoms with Crippen molar-refractivity contribution < 1.29 is 14.1 Å². The van der Waals surface area contributed by atoms with Crippen molar-refractivity contribution in [3.05, 3.63) is 59.5 Å². The normalized spacial score (nSPS) is 16.0. The van der Waals surface area contributed by atoms with E-state index < -0.39 is 0 Å². The van der Waals surface area contributed by atoms with Gasteiger partial charge in [-0.15, -0.1) is 0 Å². The van der Waals surface area contributed by atoms with Gasteiger partial charge in [0.25, 0.3) is 0 Å². The lowest BCUT2D eigenvalue weighted by atomic mass is 10.1. The van der Waals surface area contributed by atoms with Gasteiger partial charge in [-0.1, -0.05) is 11.2 Å². The number of anilines is 2. The number of benzene rings is 2. The molecule has 3 amide bonds. The van der Waals surface area contributed by atoms with E-state index in [1.165, 1.54) is 5.56 Å². The Morgan fingerprint density at radius 2 is 1.88 bits per heavy atom. The summed E-state index contributed by atoms with van der Waals surface area (Å²) in [5.74, 6) is 0.813. The minimum Gasteiger partial charge on any atom is -0.339 e. The van der Waals surface area contributed by atoms with Crippen molar-refractivity contribution in [1.29, 1.82) is 0 Å². The van der Waals surface area contributed by atoms with Crippen molar-refractivity contribution in [1.82, 2.24) is 15.5 Å². The van der Waals surface area contributed by atoms with Crippen LogP contribution in [0.3, 0.4) is 0 Å². The first kappa shape index (κ1) is 21.5. The minimum atomic E-state index is -0.256. The number of hydrogen-bond acceptors (Lipinski definition) is 5. The Bertz CT molecular complexity index is 1140. The molecule has 1 saturated heterocycles. The molecule has 1 aliphatic rings. The number of aromatic nitrogens is 2. The molecule has 2 aromatic carbocycles. The molecule has 3 aromatic rings. The molecular weight excluding hydrogens is 406 g/mol. The van der Waals surface area contributed by atoms with Gasteiger partial charge in [0.15, 0.2) is 0 Å². The quantitative estimate of drug-likeness (QED) is 0.621. The van der Waals surface area contributed by atoms with Crippen molar-refractivity contribution in [3.8, 4) is 11.4 Å². The summed E-state index contributed by atoms with van der Waals surface area (Å²) in [5, 5.41) is 9.65.